The van der Waals surface area contributed by atoms with Crippen molar-refractivity contribution >= 4 is 23.5 Å². The Hall–Kier alpha value is -2.47. The van der Waals surface area contributed by atoms with E-state index in [-0.39, 0.29) is 12.0 Å². The molecule has 0 aromatic heterocycles. The molecule has 132 valence electrons. The molecular weight excluding hydrogens is 352 g/mol. The van der Waals surface area contributed by atoms with Gasteiger partial charge < -0.3 is 10.1 Å². The Balaban J connectivity index is 2.13. The Morgan fingerprint density at radius 2 is 1.76 bits per heavy atom. The first-order valence-electron chi connectivity index (χ1n) is 7.46. The molecule has 1 amide bonds. The number of methoxy groups -OCH3 is 1. The lowest BCUT2D eigenvalue weighted by atomic mass is 10.0. The third-order valence-electron chi connectivity index (χ3n) is 3.60. The molecule has 0 heterocycles. The van der Waals surface area contributed by atoms with Gasteiger partial charge in [0.05, 0.1) is 13.5 Å². The van der Waals surface area contributed by atoms with Gasteiger partial charge in [-0.15, -0.1) is 0 Å². The molecule has 1 atom stereocenters. The van der Waals surface area contributed by atoms with E-state index < -0.39 is 36.0 Å². The summed E-state index contributed by atoms with van der Waals surface area (Å²) in [4.78, 5) is 24.1. The van der Waals surface area contributed by atoms with E-state index in [1.807, 2.05) is 0 Å². The number of rotatable bonds is 6. The van der Waals surface area contributed by atoms with E-state index in [1.165, 1.54) is 13.2 Å². The van der Waals surface area contributed by atoms with Crippen LogP contribution in [-0.4, -0.2) is 25.0 Å². The lowest BCUT2D eigenvalue weighted by molar-refractivity contribution is -0.145. The van der Waals surface area contributed by atoms with E-state index >= 15 is 0 Å². The minimum absolute atomic E-state index is 0.0951. The number of hydrogen-bond acceptors (Lipinski definition) is 3. The molecule has 0 unspecified atom stereocenters. The summed E-state index contributed by atoms with van der Waals surface area (Å²) in [6, 6.07) is 9.15. The Labute approximate surface area is 148 Å². The van der Waals surface area contributed by atoms with Gasteiger partial charge in [-0.2, -0.15) is 0 Å². The predicted molar refractivity (Wildman–Crippen MR) is 89.2 cm³/mol. The predicted octanol–water partition coefficient (Wildman–Crippen LogP) is 3.06. The molecule has 0 spiro atoms. The molecule has 2 aromatic rings. The first kappa shape index (κ1) is 18.9. The van der Waals surface area contributed by atoms with Gasteiger partial charge in [0, 0.05) is 17.0 Å². The number of amides is 1. The molecule has 25 heavy (non-hydrogen) atoms. The van der Waals surface area contributed by atoms with Gasteiger partial charge in [-0.3, -0.25) is 4.79 Å². The number of carbonyl (C=O) groups is 2. The maximum atomic E-state index is 13.6. The van der Waals surface area contributed by atoms with Gasteiger partial charge in [0.25, 0.3) is 0 Å². The molecule has 0 bridgehead atoms. The molecule has 0 fully saturated rings. The summed E-state index contributed by atoms with van der Waals surface area (Å²) in [5, 5.41) is 2.88. The minimum atomic E-state index is -1.02. The Bertz CT molecular complexity index is 762. The lowest BCUT2D eigenvalue weighted by Crippen LogP contribution is -2.43. The van der Waals surface area contributed by atoms with Crippen molar-refractivity contribution in [1.82, 2.24) is 5.32 Å². The summed E-state index contributed by atoms with van der Waals surface area (Å²) in [5.74, 6) is -3.03. The highest BCUT2D eigenvalue weighted by atomic mass is 35.5. The summed E-state index contributed by atoms with van der Waals surface area (Å²) in [6.45, 7) is 0. The highest BCUT2D eigenvalue weighted by Crippen LogP contribution is 2.17. The Morgan fingerprint density at radius 3 is 2.36 bits per heavy atom. The number of nitrogens with one attached hydrogen (secondary N) is 1. The van der Waals surface area contributed by atoms with Gasteiger partial charge in [0.2, 0.25) is 5.91 Å². The van der Waals surface area contributed by atoms with Crippen molar-refractivity contribution in [1.29, 1.82) is 0 Å². The van der Waals surface area contributed by atoms with E-state index in [0.29, 0.717) is 10.6 Å². The van der Waals surface area contributed by atoms with E-state index in [2.05, 4.69) is 10.1 Å². The van der Waals surface area contributed by atoms with E-state index in [1.54, 1.807) is 24.3 Å². The van der Waals surface area contributed by atoms with Crippen molar-refractivity contribution in [2.45, 2.75) is 18.9 Å². The molecule has 4 nitrogen and oxygen atoms in total. The summed E-state index contributed by atoms with van der Waals surface area (Å²) in [6.07, 6.45) is -0.438. The monoisotopic (exact) mass is 367 g/mol. The first-order chi connectivity index (χ1) is 11.9. The number of ether oxygens (including phenoxy) is 1. The summed E-state index contributed by atoms with van der Waals surface area (Å²) in [7, 11) is 1.19. The maximum Gasteiger partial charge on any atom is 0.328 e. The zero-order valence-corrected chi connectivity index (χ0v) is 14.1. The fourth-order valence-corrected chi connectivity index (χ4v) is 2.54. The van der Waals surface area contributed by atoms with Crippen molar-refractivity contribution in [3.05, 3.63) is 70.2 Å². The van der Waals surface area contributed by atoms with Crippen LogP contribution >= 0.6 is 11.6 Å². The van der Waals surface area contributed by atoms with E-state index in [4.69, 9.17) is 11.6 Å². The number of halogens is 3. The average Bonchev–Trinajstić information content (AvgIpc) is 2.59. The van der Waals surface area contributed by atoms with Crippen LogP contribution < -0.4 is 5.32 Å². The summed E-state index contributed by atoms with van der Waals surface area (Å²) >= 11 is 6.06. The van der Waals surface area contributed by atoms with Crippen LogP contribution in [0.15, 0.2) is 42.5 Å². The number of benzene rings is 2. The van der Waals surface area contributed by atoms with Gasteiger partial charge in [-0.25, -0.2) is 13.6 Å². The zero-order chi connectivity index (χ0) is 18.4. The van der Waals surface area contributed by atoms with Gasteiger partial charge in [0.15, 0.2) is 0 Å². The SMILES string of the molecule is COC(=O)[C@H](Cc1ccccc1Cl)NC(=O)Cc1c(F)cccc1F. The molecule has 2 rings (SSSR count). The van der Waals surface area contributed by atoms with Crippen molar-refractivity contribution in [2.24, 2.45) is 0 Å². The largest absolute Gasteiger partial charge is 0.467 e. The highest BCUT2D eigenvalue weighted by molar-refractivity contribution is 6.31. The molecule has 0 aliphatic heterocycles. The quantitative estimate of drug-likeness (QED) is 0.798. The molecule has 7 heteroatoms. The molecule has 0 saturated carbocycles. The number of hydrogen-bond donors (Lipinski definition) is 1. The third-order valence-corrected chi connectivity index (χ3v) is 3.97. The van der Waals surface area contributed by atoms with Crippen LogP contribution in [0.4, 0.5) is 8.78 Å². The molecule has 0 saturated heterocycles. The fourth-order valence-electron chi connectivity index (χ4n) is 2.33. The van der Waals surface area contributed by atoms with Gasteiger partial charge in [-0.05, 0) is 23.8 Å². The molecular formula is C18H16ClF2NO3. The Morgan fingerprint density at radius 1 is 1.12 bits per heavy atom. The molecule has 0 aliphatic rings. The van der Waals surface area contributed by atoms with Crippen LogP contribution in [0.5, 0.6) is 0 Å². The summed E-state index contributed by atoms with van der Waals surface area (Å²) < 4.78 is 32.0. The third kappa shape index (κ3) is 5.00. The van der Waals surface area contributed by atoms with E-state index in [0.717, 1.165) is 12.1 Å². The number of esters is 1. The second-order valence-corrected chi connectivity index (χ2v) is 5.72. The van der Waals surface area contributed by atoms with Crippen molar-refractivity contribution in [3.8, 4) is 0 Å². The van der Waals surface area contributed by atoms with Crippen molar-refractivity contribution in [3.63, 3.8) is 0 Å². The highest BCUT2D eigenvalue weighted by Gasteiger charge is 2.24. The second-order valence-electron chi connectivity index (χ2n) is 5.32. The lowest BCUT2D eigenvalue weighted by Gasteiger charge is -2.17. The van der Waals surface area contributed by atoms with Crippen LogP contribution in [0.25, 0.3) is 0 Å². The standard InChI is InChI=1S/C18H16ClF2NO3/c1-25-18(24)16(9-11-5-2-3-6-13(11)19)22-17(23)10-12-14(20)7-4-8-15(12)21/h2-8,16H,9-10H2,1H3,(H,22,23)/t16-/m0/s1. The molecule has 0 aliphatic carbocycles. The van der Waals surface area contributed by atoms with Crippen LogP contribution in [0, 0.1) is 11.6 Å². The Kier molecular flexibility index (Phi) is 6.47. The topological polar surface area (TPSA) is 55.4 Å². The van der Waals surface area contributed by atoms with Crippen molar-refractivity contribution < 1.29 is 23.1 Å². The van der Waals surface area contributed by atoms with Crippen LogP contribution in [-0.2, 0) is 27.2 Å². The molecule has 0 radical (unpaired) electrons. The van der Waals surface area contributed by atoms with Crippen molar-refractivity contribution in [2.75, 3.05) is 7.11 Å². The van der Waals surface area contributed by atoms with Crippen LogP contribution in [0.2, 0.25) is 5.02 Å². The van der Waals surface area contributed by atoms with Gasteiger partial charge in [-0.1, -0.05) is 35.9 Å². The van der Waals surface area contributed by atoms with Crippen LogP contribution in [0.1, 0.15) is 11.1 Å². The second kappa shape index (κ2) is 8.58. The van der Waals surface area contributed by atoms with Gasteiger partial charge >= 0.3 is 5.97 Å². The smallest absolute Gasteiger partial charge is 0.328 e. The van der Waals surface area contributed by atoms with Crippen LogP contribution in [0.3, 0.4) is 0 Å². The minimum Gasteiger partial charge on any atom is -0.467 e. The van der Waals surface area contributed by atoms with Gasteiger partial charge in [0.1, 0.15) is 17.7 Å². The number of carbonyl (C=O) groups excluding carboxylic acids is 2. The normalized spacial score (nSPS) is 11.7. The van der Waals surface area contributed by atoms with E-state index in [9.17, 15) is 18.4 Å². The molecule has 1 N–H and O–H groups in total. The average molecular weight is 368 g/mol. The zero-order valence-electron chi connectivity index (χ0n) is 13.4. The molecule has 2 aromatic carbocycles. The fraction of sp³-hybridized carbons (Fsp3) is 0.222. The first-order valence-corrected chi connectivity index (χ1v) is 7.83. The maximum absolute atomic E-state index is 13.6. The summed E-state index contributed by atoms with van der Waals surface area (Å²) in [5.41, 5.74) is 0.276.